The summed E-state index contributed by atoms with van der Waals surface area (Å²) in [5.41, 5.74) is 0. The Balaban J connectivity index is 1.67. The van der Waals surface area contributed by atoms with Crippen LogP contribution < -0.4 is 0 Å². The summed E-state index contributed by atoms with van der Waals surface area (Å²) in [4.78, 5) is 14.3. The molecule has 3 rings (SSSR count). The van der Waals surface area contributed by atoms with Crippen LogP contribution in [0.25, 0.3) is 0 Å². The van der Waals surface area contributed by atoms with Crippen LogP contribution in [0.2, 0.25) is 0 Å². The first-order valence-electron chi connectivity index (χ1n) is 7.36. The van der Waals surface area contributed by atoms with Gasteiger partial charge in [0.15, 0.2) is 0 Å². The van der Waals surface area contributed by atoms with E-state index in [-0.39, 0.29) is 5.92 Å². The van der Waals surface area contributed by atoms with Gasteiger partial charge in [-0.25, -0.2) is 0 Å². The molecule has 1 aromatic heterocycles. The van der Waals surface area contributed by atoms with Crippen LogP contribution >= 0.6 is 0 Å². The van der Waals surface area contributed by atoms with Crippen molar-refractivity contribution in [2.45, 2.75) is 58.0 Å². The zero-order valence-corrected chi connectivity index (χ0v) is 11.5. The number of nitrogens with zero attached hydrogens (tertiary/aromatic N) is 3. The van der Waals surface area contributed by atoms with Crippen LogP contribution in [0.15, 0.2) is 4.42 Å². The average molecular weight is 263 g/mol. The molecule has 1 aromatic rings. The number of rotatable bonds is 4. The number of aryl methyl sites for hydroxylation is 1. The maximum absolute atomic E-state index is 11.9. The summed E-state index contributed by atoms with van der Waals surface area (Å²) in [6, 6.07) is 0.395. The van der Waals surface area contributed by atoms with Crippen molar-refractivity contribution in [2.24, 2.45) is 5.92 Å². The molecular weight excluding hydrogens is 242 g/mol. The van der Waals surface area contributed by atoms with Crippen LogP contribution in [0, 0.1) is 5.92 Å². The highest BCUT2D eigenvalue weighted by Gasteiger charge is 2.38. The monoisotopic (exact) mass is 263 g/mol. The topological polar surface area (TPSA) is 59.2 Å². The van der Waals surface area contributed by atoms with Gasteiger partial charge in [0.05, 0.1) is 6.54 Å². The van der Waals surface area contributed by atoms with Crippen molar-refractivity contribution >= 4 is 5.78 Å². The second-order valence-corrected chi connectivity index (χ2v) is 5.59. The van der Waals surface area contributed by atoms with Gasteiger partial charge in [-0.2, -0.15) is 0 Å². The normalized spacial score (nSPS) is 28.4. The number of hydrogen-bond acceptors (Lipinski definition) is 5. The summed E-state index contributed by atoms with van der Waals surface area (Å²) < 4.78 is 5.58. The van der Waals surface area contributed by atoms with Crippen molar-refractivity contribution in [3.8, 4) is 0 Å². The molecule has 104 valence electrons. The summed E-state index contributed by atoms with van der Waals surface area (Å²) in [7, 11) is 0. The lowest BCUT2D eigenvalue weighted by molar-refractivity contribution is -0.122. The molecule has 1 aliphatic heterocycles. The number of carbonyl (C=O) groups excluding carboxylic acids is 1. The van der Waals surface area contributed by atoms with Gasteiger partial charge in [0.2, 0.25) is 11.8 Å². The third-order valence-corrected chi connectivity index (χ3v) is 4.38. The molecule has 5 heteroatoms. The second-order valence-electron chi connectivity index (χ2n) is 5.59. The van der Waals surface area contributed by atoms with Crippen LogP contribution in [0.5, 0.6) is 0 Å². The van der Waals surface area contributed by atoms with Gasteiger partial charge in [0.1, 0.15) is 5.78 Å². The molecule has 1 saturated carbocycles. The average Bonchev–Trinajstić information content (AvgIpc) is 3.10. The van der Waals surface area contributed by atoms with Gasteiger partial charge in [-0.3, -0.25) is 9.69 Å². The van der Waals surface area contributed by atoms with Crippen molar-refractivity contribution in [1.82, 2.24) is 15.1 Å². The molecule has 0 N–H and O–H groups in total. The van der Waals surface area contributed by atoms with E-state index >= 15 is 0 Å². The van der Waals surface area contributed by atoms with Gasteiger partial charge >= 0.3 is 0 Å². The van der Waals surface area contributed by atoms with Crippen LogP contribution in [-0.4, -0.2) is 33.5 Å². The minimum atomic E-state index is 0.246. The largest absolute Gasteiger partial charge is 0.424 e. The molecule has 1 aliphatic carbocycles. The molecular formula is C14H21N3O2. The minimum Gasteiger partial charge on any atom is -0.424 e. The van der Waals surface area contributed by atoms with E-state index in [0.29, 0.717) is 30.2 Å². The maximum atomic E-state index is 11.9. The molecule has 0 aromatic carbocycles. The summed E-state index contributed by atoms with van der Waals surface area (Å²) >= 11 is 0. The molecule has 2 fully saturated rings. The van der Waals surface area contributed by atoms with Gasteiger partial charge in [-0.1, -0.05) is 6.92 Å². The lowest BCUT2D eigenvalue weighted by atomic mass is 9.95. The number of likely N-dealkylation sites (tertiary alicyclic amines) is 1. The first-order valence-corrected chi connectivity index (χ1v) is 7.36. The minimum absolute atomic E-state index is 0.246. The Hall–Kier alpha value is -1.23. The predicted molar refractivity (Wildman–Crippen MR) is 69.5 cm³/mol. The molecule has 2 atom stereocenters. The standard InChI is InChI=1S/C14H21N3O2/c1-2-13-15-16-14(19-13)9-17-8-4-6-11(17)10-5-3-7-12(10)18/h10-11H,2-9H2,1H3. The summed E-state index contributed by atoms with van der Waals surface area (Å²) in [6.45, 7) is 3.74. The molecule has 0 spiro atoms. The highest BCUT2D eigenvalue weighted by atomic mass is 16.4. The van der Waals surface area contributed by atoms with E-state index in [2.05, 4.69) is 15.1 Å². The predicted octanol–water partition coefficient (Wildman–Crippen LogP) is 1.97. The van der Waals surface area contributed by atoms with E-state index in [1.54, 1.807) is 0 Å². The lowest BCUT2D eigenvalue weighted by Crippen LogP contribution is -2.37. The third-order valence-electron chi connectivity index (χ3n) is 4.38. The molecule has 19 heavy (non-hydrogen) atoms. The maximum Gasteiger partial charge on any atom is 0.230 e. The van der Waals surface area contributed by atoms with Crippen molar-refractivity contribution in [1.29, 1.82) is 0 Å². The highest BCUT2D eigenvalue weighted by molar-refractivity contribution is 5.83. The number of aromatic nitrogens is 2. The van der Waals surface area contributed by atoms with Crippen LogP contribution in [0.3, 0.4) is 0 Å². The van der Waals surface area contributed by atoms with E-state index in [9.17, 15) is 4.79 Å². The molecule has 2 aliphatic rings. The van der Waals surface area contributed by atoms with Crippen molar-refractivity contribution in [3.05, 3.63) is 11.8 Å². The number of ketones is 1. The Kier molecular flexibility index (Phi) is 3.64. The quantitative estimate of drug-likeness (QED) is 0.831. The highest BCUT2D eigenvalue weighted by Crippen LogP contribution is 2.33. The van der Waals surface area contributed by atoms with E-state index in [4.69, 9.17) is 4.42 Å². The van der Waals surface area contributed by atoms with Gasteiger partial charge in [-0.05, 0) is 32.2 Å². The fraction of sp³-hybridized carbons (Fsp3) is 0.786. The van der Waals surface area contributed by atoms with E-state index < -0.39 is 0 Å². The molecule has 5 nitrogen and oxygen atoms in total. The summed E-state index contributed by atoms with van der Waals surface area (Å²) in [5.74, 6) is 2.09. The van der Waals surface area contributed by atoms with Crippen molar-refractivity contribution in [3.63, 3.8) is 0 Å². The van der Waals surface area contributed by atoms with Crippen molar-refractivity contribution < 1.29 is 9.21 Å². The van der Waals surface area contributed by atoms with Crippen molar-refractivity contribution in [2.75, 3.05) is 6.54 Å². The number of Topliss-reactive ketones (excluding diaryl/α,β-unsaturated/α-hetero) is 1. The Morgan fingerprint density at radius 2 is 2.11 bits per heavy atom. The fourth-order valence-corrected chi connectivity index (χ4v) is 3.42. The fourth-order valence-electron chi connectivity index (χ4n) is 3.42. The molecule has 2 heterocycles. The number of carbonyl (C=O) groups is 1. The SMILES string of the molecule is CCc1nnc(CN2CCCC2C2CCCC2=O)o1. The summed E-state index contributed by atoms with van der Waals surface area (Å²) in [6.07, 6.45) is 5.97. The molecule has 0 radical (unpaired) electrons. The van der Waals surface area contributed by atoms with Gasteiger partial charge in [-0.15, -0.1) is 10.2 Å². The zero-order chi connectivity index (χ0) is 13.2. The molecule has 1 saturated heterocycles. The molecule has 0 amide bonds. The van der Waals surface area contributed by atoms with Gasteiger partial charge < -0.3 is 4.42 Å². The lowest BCUT2D eigenvalue weighted by Gasteiger charge is -2.27. The Labute approximate surface area is 113 Å². The van der Waals surface area contributed by atoms with Crippen LogP contribution in [-0.2, 0) is 17.8 Å². The first-order chi connectivity index (χ1) is 9.28. The molecule has 0 bridgehead atoms. The summed E-state index contributed by atoms with van der Waals surface area (Å²) in [5, 5.41) is 8.09. The third kappa shape index (κ3) is 2.56. The first kappa shape index (κ1) is 12.8. The zero-order valence-electron chi connectivity index (χ0n) is 11.5. The Bertz CT molecular complexity index is 457. The molecule has 2 unspecified atom stereocenters. The second kappa shape index (κ2) is 5.41. The van der Waals surface area contributed by atoms with Crippen LogP contribution in [0.1, 0.15) is 50.8 Å². The Morgan fingerprint density at radius 1 is 1.26 bits per heavy atom. The van der Waals surface area contributed by atoms with E-state index in [0.717, 1.165) is 38.6 Å². The van der Waals surface area contributed by atoms with E-state index in [1.165, 1.54) is 6.42 Å². The number of hydrogen-bond donors (Lipinski definition) is 0. The van der Waals surface area contributed by atoms with E-state index in [1.807, 2.05) is 6.92 Å². The van der Waals surface area contributed by atoms with Crippen LogP contribution in [0.4, 0.5) is 0 Å². The smallest absolute Gasteiger partial charge is 0.230 e. The van der Waals surface area contributed by atoms with Gasteiger partial charge in [0.25, 0.3) is 0 Å². The van der Waals surface area contributed by atoms with Gasteiger partial charge in [0, 0.05) is 24.8 Å². The Morgan fingerprint density at radius 3 is 2.79 bits per heavy atom.